The van der Waals surface area contributed by atoms with Gasteiger partial charge in [-0.05, 0) is 42.7 Å². The van der Waals surface area contributed by atoms with Crippen molar-refractivity contribution in [2.75, 3.05) is 19.0 Å². The molecule has 3 aromatic rings. The van der Waals surface area contributed by atoms with Crippen LogP contribution in [0.3, 0.4) is 0 Å². The van der Waals surface area contributed by atoms with Crippen LogP contribution in [0.1, 0.15) is 37.4 Å². The van der Waals surface area contributed by atoms with Gasteiger partial charge in [0.2, 0.25) is 11.8 Å². The third-order valence-corrected chi connectivity index (χ3v) is 5.93. The van der Waals surface area contributed by atoms with Gasteiger partial charge in [0.15, 0.2) is 11.5 Å². The topological polar surface area (TPSA) is 86.5 Å². The predicted octanol–water partition coefficient (Wildman–Crippen LogP) is 4.81. The highest BCUT2D eigenvalue weighted by Crippen LogP contribution is 2.34. The van der Waals surface area contributed by atoms with E-state index in [-0.39, 0.29) is 23.6 Å². The van der Waals surface area contributed by atoms with Gasteiger partial charge in [-0.2, -0.15) is 0 Å². The molecule has 168 valence electrons. The molecule has 1 aliphatic heterocycles. The highest BCUT2D eigenvalue weighted by atomic mass is 32.2. The van der Waals surface area contributed by atoms with Gasteiger partial charge in [-0.15, -0.1) is 10.2 Å². The van der Waals surface area contributed by atoms with Crippen LogP contribution in [0.2, 0.25) is 0 Å². The lowest BCUT2D eigenvalue weighted by Gasteiger charge is -2.23. The van der Waals surface area contributed by atoms with E-state index < -0.39 is 0 Å². The molecule has 1 aliphatic rings. The number of nitrogens with one attached hydrogen (secondary N) is 1. The Kier molecular flexibility index (Phi) is 6.99. The van der Waals surface area contributed by atoms with Crippen LogP contribution < -0.4 is 14.8 Å². The molecule has 0 saturated heterocycles. The van der Waals surface area contributed by atoms with Gasteiger partial charge >= 0.3 is 0 Å². The van der Waals surface area contributed by atoms with E-state index in [1.165, 1.54) is 11.8 Å². The van der Waals surface area contributed by atoms with E-state index in [9.17, 15) is 4.79 Å². The number of fused-ring (bicyclic) bond motifs is 1. The molecule has 1 unspecified atom stereocenters. The Morgan fingerprint density at radius 2 is 1.91 bits per heavy atom. The molecule has 1 aromatic heterocycles. The third kappa shape index (κ3) is 5.43. The fraction of sp³-hybridized carbons (Fsp3) is 0.375. The minimum absolute atomic E-state index is 0.101. The van der Waals surface area contributed by atoms with Gasteiger partial charge in [-0.1, -0.05) is 49.4 Å². The van der Waals surface area contributed by atoms with Gasteiger partial charge in [0.1, 0.15) is 0 Å². The summed E-state index contributed by atoms with van der Waals surface area (Å²) in [6, 6.07) is 13.6. The van der Waals surface area contributed by atoms with Gasteiger partial charge in [-0.3, -0.25) is 4.79 Å². The first-order valence-corrected chi connectivity index (χ1v) is 11.7. The summed E-state index contributed by atoms with van der Waals surface area (Å²) in [5.74, 6) is 2.20. The maximum absolute atomic E-state index is 12.7. The van der Waals surface area contributed by atoms with Gasteiger partial charge in [0.05, 0.1) is 25.0 Å². The molecular weight excluding hydrogens is 426 g/mol. The summed E-state index contributed by atoms with van der Waals surface area (Å²) in [6.07, 6.45) is 0.854. The molecule has 0 spiro atoms. The molecule has 2 aromatic carbocycles. The van der Waals surface area contributed by atoms with E-state index in [1.54, 1.807) is 0 Å². The minimum Gasteiger partial charge on any atom is -0.490 e. The van der Waals surface area contributed by atoms with Crippen molar-refractivity contribution in [2.45, 2.75) is 38.5 Å². The number of rotatable bonds is 7. The zero-order valence-electron chi connectivity index (χ0n) is 18.5. The van der Waals surface area contributed by atoms with Crippen molar-refractivity contribution in [1.82, 2.24) is 15.5 Å². The summed E-state index contributed by atoms with van der Waals surface area (Å²) in [6.45, 7) is 7.43. The van der Waals surface area contributed by atoms with Crippen LogP contribution in [0, 0.1) is 12.8 Å². The summed E-state index contributed by atoms with van der Waals surface area (Å²) < 4.78 is 17.2. The number of hydrogen-bond acceptors (Lipinski definition) is 7. The summed E-state index contributed by atoms with van der Waals surface area (Å²) in [4.78, 5) is 12.7. The second-order valence-corrected chi connectivity index (χ2v) is 9.00. The number of carbonyl (C=O) groups is 1. The number of aromatic nitrogens is 2. The molecule has 0 saturated carbocycles. The number of hydrogen-bond donors (Lipinski definition) is 1. The van der Waals surface area contributed by atoms with Crippen molar-refractivity contribution in [3.63, 3.8) is 0 Å². The van der Waals surface area contributed by atoms with Crippen LogP contribution in [0.15, 0.2) is 52.1 Å². The Balaban J connectivity index is 1.38. The van der Waals surface area contributed by atoms with Crippen LogP contribution in [-0.4, -0.2) is 35.1 Å². The van der Waals surface area contributed by atoms with Crippen LogP contribution >= 0.6 is 11.8 Å². The van der Waals surface area contributed by atoms with Crippen molar-refractivity contribution in [3.05, 3.63) is 53.6 Å². The van der Waals surface area contributed by atoms with Gasteiger partial charge in [0, 0.05) is 12.0 Å². The summed E-state index contributed by atoms with van der Waals surface area (Å²) in [5, 5.41) is 11.6. The second-order valence-electron chi connectivity index (χ2n) is 8.08. The molecule has 4 rings (SSSR count). The number of nitrogens with zero attached hydrogens (tertiary/aromatic N) is 2. The van der Waals surface area contributed by atoms with E-state index in [4.69, 9.17) is 13.9 Å². The monoisotopic (exact) mass is 453 g/mol. The molecular formula is C24H27N3O4S. The molecule has 7 nitrogen and oxygen atoms in total. The Labute approximate surface area is 191 Å². The zero-order valence-corrected chi connectivity index (χ0v) is 19.3. The standard InChI is InChI=1S/C24H27N3O4S/c1-15(2)22(17-8-9-19-20(13-17)30-11-5-10-29-19)25-21(28)14-32-24-27-26-23(31-24)18-7-4-6-16(3)12-18/h4,6-9,12-13,15,22H,5,10-11,14H2,1-3H3,(H,25,28). The fourth-order valence-corrected chi connectivity index (χ4v) is 4.09. The van der Waals surface area contributed by atoms with Gasteiger partial charge in [-0.25, -0.2) is 0 Å². The lowest BCUT2D eigenvalue weighted by atomic mass is 9.95. The number of aryl methyl sites for hydroxylation is 1. The van der Waals surface area contributed by atoms with Crippen LogP contribution in [-0.2, 0) is 4.79 Å². The van der Waals surface area contributed by atoms with E-state index >= 15 is 0 Å². The van der Waals surface area contributed by atoms with E-state index in [2.05, 4.69) is 29.4 Å². The highest BCUT2D eigenvalue weighted by molar-refractivity contribution is 7.99. The molecule has 1 atom stereocenters. The zero-order chi connectivity index (χ0) is 22.5. The molecule has 0 bridgehead atoms. The van der Waals surface area contributed by atoms with Crippen LogP contribution in [0.25, 0.3) is 11.5 Å². The first-order chi connectivity index (χ1) is 15.5. The average molecular weight is 454 g/mol. The lowest BCUT2D eigenvalue weighted by Crippen LogP contribution is -2.33. The predicted molar refractivity (Wildman–Crippen MR) is 123 cm³/mol. The molecule has 2 heterocycles. The molecule has 1 amide bonds. The first-order valence-electron chi connectivity index (χ1n) is 10.7. The summed E-state index contributed by atoms with van der Waals surface area (Å²) in [5.41, 5.74) is 2.97. The number of amides is 1. The first kappa shape index (κ1) is 22.2. The number of carbonyl (C=O) groups excluding carboxylic acids is 1. The van der Waals surface area contributed by atoms with E-state index in [1.807, 2.05) is 49.4 Å². The summed E-state index contributed by atoms with van der Waals surface area (Å²) in [7, 11) is 0. The second kappa shape index (κ2) is 10.1. The number of ether oxygens (including phenoxy) is 2. The Hall–Kier alpha value is -3.00. The number of thioether (sulfide) groups is 1. The van der Waals surface area contributed by atoms with Gasteiger partial charge < -0.3 is 19.2 Å². The molecule has 0 aliphatic carbocycles. The van der Waals surface area contributed by atoms with Crippen LogP contribution in [0.4, 0.5) is 0 Å². The lowest BCUT2D eigenvalue weighted by molar-refractivity contribution is -0.119. The summed E-state index contributed by atoms with van der Waals surface area (Å²) >= 11 is 1.23. The maximum Gasteiger partial charge on any atom is 0.277 e. The smallest absolute Gasteiger partial charge is 0.277 e. The van der Waals surface area contributed by atoms with E-state index in [0.717, 1.165) is 34.6 Å². The Morgan fingerprint density at radius 1 is 1.09 bits per heavy atom. The molecule has 8 heteroatoms. The Morgan fingerprint density at radius 3 is 2.69 bits per heavy atom. The van der Waals surface area contributed by atoms with E-state index in [0.29, 0.717) is 24.3 Å². The van der Waals surface area contributed by atoms with Crippen molar-refractivity contribution < 1.29 is 18.7 Å². The maximum atomic E-state index is 12.7. The third-order valence-electron chi connectivity index (χ3n) is 5.11. The van der Waals surface area contributed by atoms with Gasteiger partial charge in [0.25, 0.3) is 5.22 Å². The minimum atomic E-state index is -0.147. The fourth-order valence-electron chi connectivity index (χ4n) is 3.51. The SMILES string of the molecule is Cc1cccc(-c2nnc(SCC(=O)NC(c3ccc4c(c3)OCCCO4)C(C)C)o2)c1. The van der Waals surface area contributed by atoms with Crippen molar-refractivity contribution >= 4 is 17.7 Å². The molecule has 1 N–H and O–H groups in total. The normalized spacial score (nSPS) is 14.1. The molecule has 32 heavy (non-hydrogen) atoms. The largest absolute Gasteiger partial charge is 0.490 e. The van der Waals surface area contributed by atoms with Crippen molar-refractivity contribution in [1.29, 1.82) is 0 Å². The number of benzene rings is 2. The van der Waals surface area contributed by atoms with Crippen molar-refractivity contribution in [3.8, 4) is 23.0 Å². The highest BCUT2D eigenvalue weighted by Gasteiger charge is 2.22. The molecule has 0 radical (unpaired) electrons. The van der Waals surface area contributed by atoms with Crippen LogP contribution in [0.5, 0.6) is 11.5 Å². The van der Waals surface area contributed by atoms with Crippen molar-refractivity contribution in [2.24, 2.45) is 5.92 Å². The molecule has 0 fully saturated rings. The Bertz CT molecular complexity index is 1080. The average Bonchev–Trinajstić information content (AvgIpc) is 3.13. The quantitative estimate of drug-likeness (QED) is 0.514.